The molecule has 5 heteroatoms. The number of rotatable bonds is 3. The van der Waals surface area contributed by atoms with Crippen molar-refractivity contribution in [3.63, 3.8) is 0 Å². The van der Waals surface area contributed by atoms with Crippen LogP contribution in [0.5, 0.6) is 0 Å². The SMILES string of the molecule is COCC(=O)Nc1ccc2nc(C)sc2c1. The smallest absolute Gasteiger partial charge is 0.250 e. The Morgan fingerprint density at radius 2 is 2.38 bits per heavy atom. The van der Waals surface area contributed by atoms with Crippen LogP contribution in [0.1, 0.15) is 5.01 Å². The van der Waals surface area contributed by atoms with Gasteiger partial charge in [0.2, 0.25) is 5.91 Å². The summed E-state index contributed by atoms with van der Waals surface area (Å²) in [7, 11) is 1.50. The van der Waals surface area contributed by atoms with Gasteiger partial charge in [-0.05, 0) is 25.1 Å². The number of carbonyl (C=O) groups is 1. The van der Waals surface area contributed by atoms with Gasteiger partial charge in [-0.1, -0.05) is 0 Å². The summed E-state index contributed by atoms with van der Waals surface area (Å²) in [4.78, 5) is 15.7. The van der Waals surface area contributed by atoms with E-state index in [1.165, 1.54) is 7.11 Å². The van der Waals surface area contributed by atoms with Crippen LogP contribution in [0.2, 0.25) is 0 Å². The lowest BCUT2D eigenvalue weighted by Gasteiger charge is -2.03. The normalized spacial score (nSPS) is 10.6. The number of thiazole rings is 1. The number of anilines is 1. The number of aromatic nitrogens is 1. The van der Waals surface area contributed by atoms with Gasteiger partial charge in [0.1, 0.15) is 6.61 Å². The van der Waals surface area contributed by atoms with Crippen LogP contribution in [-0.4, -0.2) is 24.6 Å². The number of fused-ring (bicyclic) bond motifs is 1. The van der Waals surface area contributed by atoms with Gasteiger partial charge in [0.05, 0.1) is 15.2 Å². The number of benzene rings is 1. The summed E-state index contributed by atoms with van der Waals surface area (Å²) in [6.07, 6.45) is 0. The van der Waals surface area contributed by atoms with Crippen molar-refractivity contribution in [2.24, 2.45) is 0 Å². The van der Waals surface area contributed by atoms with Crippen molar-refractivity contribution in [3.8, 4) is 0 Å². The first-order chi connectivity index (χ1) is 7.69. The fraction of sp³-hybridized carbons (Fsp3) is 0.273. The number of aryl methyl sites for hydroxylation is 1. The minimum atomic E-state index is -0.150. The molecule has 0 spiro atoms. The monoisotopic (exact) mass is 236 g/mol. The van der Waals surface area contributed by atoms with Gasteiger partial charge in [0.15, 0.2) is 0 Å². The third-order valence-corrected chi connectivity index (χ3v) is 2.99. The highest BCUT2D eigenvalue weighted by Crippen LogP contribution is 2.24. The molecule has 16 heavy (non-hydrogen) atoms. The van der Waals surface area contributed by atoms with Gasteiger partial charge >= 0.3 is 0 Å². The van der Waals surface area contributed by atoms with Crippen molar-refractivity contribution in [2.45, 2.75) is 6.92 Å². The molecule has 2 aromatic rings. The molecule has 1 N–H and O–H groups in total. The topological polar surface area (TPSA) is 51.2 Å². The van der Waals surface area contributed by atoms with Gasteiger partial charge in [0, 0.05) is 12.8 Å². The molecule has 0 aliphatic heterocycles. The van der Waals surface area contributed by atoms with Crippen molar-refractivity contribution in [2.75, 3.05) is 19.0 Å². The highest BCUT2D eigenvalue weighted by molar-refractivity contribution is 7.18. The van der Waals surface area contributed by atoms with Crippen molar-refractivity contribution in [1.82, 2.24) is 4.98 Å². The summed E-state index contributed by atoms with van der Waals surface area (Å²) in [6, 6.07) is 5.67. The van der Waals surface area contributed by atoms with Crippen molar-refractivity contribution < 1.29 is 9.53 Å². The van der Waals surface area contributed by atoms with Crippen molar-refractivity contribution >= 4 is 33.1 Å². The fourth-order valence-electron chi connectivity index (χ4n) is 1.45. The largest absolute Gasteiger partial charge is 0.375 e. The Balaban J connectivity index is 2.22. The van der Waals surface area contributed by atoms with Crippen LogP contribution in [0, 0.1) is 6.92 Å². The van der Waals surface area contributed by atoms with E-state index in [0.29, 0.717) is 0 Å². The minimum Gasteiger partial charge on any atom is -0.375 e. The summed E-state index contributed by atoms with van der Waals surface area (Å²) in [5.74, 6) is -0.150. The van der Waals surface area contributed by atoms with Crippen LogP contribution in [0.4, 0.5) is 5.69 Å². The number of hydrogen-bond acceptors (Lipinski definition) is 4. The maximum absolute atomic E-state index is 11.3. The van der Waals surface area contributed by atoms with E-state index in [9.17, 15) is 4.79 Å². The number of amides is 1. The molecule has 1 amide bonds. The number of nitrogens with one attached hydrogen (secondary N) is 1. The third-order valence-electron chi connectivity index (χ3n) is 2.05. The molecule has 4 nitrogen and oxygen atoms in total. The Labute approximate surface area is 97.3 Å². The summed E-state index contributed by atoms with van der Waals surface area (Å²) in [5, 5.41) is 3.78. The van der Waals surface area contributed by atoms with Crippen molar-refractivity contribution in [3.05, 3.63) is 23.2 Å². The Bertz CT molecular complexity index is 522. The molecule has 0 aliphatic rings. The lowest BCUT2D eigenvalue weighted by Crippen LogP contribution is -2.16. The second-order valence-corrected chi connectivity index (χ2v) is 4.63. The highest BCUT2D eigenvalue weighted by atomic mass is 32.1. The molecule has 0 fully saturated rings. The molecule has 0 atom stereocenters. The van der Waals surface area contributed by atoms with E-state index in [4.69, 9.17) is 4.74 Å². The van der Waals surface area contributed by atoms with Gasteiger partial charge in [0.25, 0.3) is 0 Å². The lowest BCUT2D eigenvalue weighted by atomic mass is 10.3. The first-order valence-corrected chi connectivity index (χ1v) is 5.66. The van der Waals surface area contributed by atoms with Crippen LogP contribution in [-0.2, 0) is 9.53 Å². The first-order valence-electron chi connectivity index (χ1n) is 4.85. The standard InChI is InChI=1S/C11H12N2O2S/c1-7-12-9-4-3-8(5-10(9)16-7)13-11(14)6-15-2/h3-5H,6H2,1-2H3,(H,13,14). The minimum absolute atomic E-state index is 0.0692. The molecule has 0 radical (unpaired) electrons. The second-order valence-electron chi connectivity index (χ2n) is 3.40. The average Bonchev–Trinajstić information content (AvgIpc) is 2.57. The molecule has 0 saturated heterocycles. The van der Waals surface area contributed by atoms with Crippen LogP contribution in [0.15, 0.2) is 18.2 Å². The maximum Gasteiger partial charge on any atom is 0.250 e. The Morgan fingerprint density at radius 1 is 1.56 bits per heavy atom. The van der Waals surface area contributed by atoms with E-state index in [-0.39, 0.29) is 12.5 Å². The number of carbonyl (C=O) groups excluding carboxylic acids is 1. The van der Waals surface area contributed by atoms with E-state index >= 15 is 0 Å². The molecule has 1 aromatic carbocycles. The van der Waals surface area contributed by atoms with Crippen molar-refractivity contribution in [1.29, 1.82) is 0 Å². The predicted molar refractivity (Wildman–Crippen MR) is 64.9 cm³/mol. The molecule has 0 unspecified atom stereocenters. The molecule has 84 valence electrons. The first kappa shape index (κ1) is 11.0. The quantitative estimate of drug-likeness (QED) is 0.888. The van der Waals surface area contributed by atoms with E-state index < -0.39 is 0 Å². The number of nitrogens with zero attached hydrogens (tertiary/aromatic N) is 1. The molecular weight excluding hydrogens is 224 g/mol. The Hall–Kier alpha value is -1.46. The zero-order valence-corrected chi connectivity index (χ0v) is 9.93. The van der Waals surface area contributed by atoms with Gasteiger partial charge < -0.3 is 10.1 Å². The van der Waals surface area contributed by atoms with Crippen LogP contribution < -0.4 is 5.32 Å². The van der Waals surface area contributed by atoms with Gasteiger partial charge in [-0.25, -0.2) is 4.98 Å². The molecule has 0 saturated carbocycles. The van der Waals surface area contributed by atoms with Gasteiger partial charge in [-0.2, -0.15) is 0 Å². The van der Waals surface area contributed by atoms with E-state index in [1.54, 1.807) is 11.3 Å². The molecule has 2 rings (SSSR count). The highest BCUT2D eigenvalue weighted by Gasteiger charge is 2.04. The van der Waals surface area contributed by atoms with Gasteiger partial charge in [-0.15, -0.1) is 11.3 Å². The summed E-state index contributed by atoms with van der Waals surface area (Å²) in [6.45, 7) is 2.04. The number of ether oxygens (including phenoxy) is 1. The summed E-state index contributed by atoms with van der Waals surface area (Å²) >= 11 is 1.61. The van der Waals surface area contributed by atoms with E-state index in [1.807, 2.05) is 25.1 Å². The fourth-order valence-corrected chi connectivity index (χ4v) is 2.31. The summed E-state index contributed by atoms with van der Waals surface area (Å²) < 4.78 is 5.82. The molecule has 1 heterocycles. The average molecular weight is 236 g/mol. The van der Waals surface area contributed by atoms with Gasteiger partial charge in [-0.3, -0.25) is 4.79 Å². The third kappa shape index (κ3) is 2.37. The molecule has 0 aliphatic carbocycles. The van der Waals surface area contributed by atoms with Crippen LogP contribution in [0.3, 0.4) is 0 Å². The zero-order chi connectivity index (χ0) is 11.5. The molecular formula is C11H12N2O2S. The maximum atomic E-state index is 11.3. The van der Waals surface area contributed by atoms with E-state index in [2.05, 4.69) is 10.3 Å². The molecule has 0 bridgehead atoms. The molecule has 1 aromatic heterocycles. The number of methoxy groups -OCH3 is 1. The zero-order valence-electron chi connectivity index (χ0n) is 9.11. The number of hydrogen-bond donors (Lipinski definition) is 1. The lowest BCUT2D eigenvalue weighted by molar-refractivity contribution is -0.119. The van der Waals surface area contributed by atoms with Crippen LogP contribution >= 0.6 is 11.3 Å². The summed E-state index contributed by atoms with van der Waals surface area (Å²) in [5.41, 5.74) is 1.74. The second kappa shape index (κ2) is 4.59. The van der Waals surface area contributed by atoms with Crippen LogP contribution in [0.25, 0.3) is 10.2 Å². The Morgan fingerprint density at radius 3 is 3.12 bits per heavy atom. The predicted octanol–water partition coefficient (Wildman–Crippen LogP) is 2.19. The Kier molecular flexibility index (Phi) is 3.17. The van der Waals surface area contributed by atoms with E-state index in [0.717, 1.165) is 20.9 Å².